The van der Waals surface area contributed by atoms with Gasteiger partial charge in [0.15, 0.2) is 0 Å². The molecule has 0 aliphatic heterocycles. The Morgan fingerprint density at radius 2 is 1.48 bits per heavy atom. The smallest absolute Gasteiger partial charge is 0.0131 e. The molecule has 1 aromatic rings. The van der Waals surface area contributed by atoms with Gasteiger partial charge in [0.2, 0.25) is 0 Å². The van der Waals surface area contributed by atoms with Crippen LogP contribution in [0.25, 0.3) is 0 Å². The van der Waals surface area contributed by atoms with Crippen molar-refractivity contribution in [3.8, 4) is 0 Å². The highest BCUT2D eigenvalue weighted by Gasteiger charge is 2.30. The molecule has 2 atom stereocenters. The van der Waals surface area contributed by atoms with Gasteiger partial charge in [-0.25, -0.2) is 0 Å². The molecule has 1 fully saturated rings. The Labute approximate surface area is 194 Å². The number of benzene rings is 1. The van der Waals surface area contributed by atoms with E-state index in [1.165, 1.54) is 109 Å². The topological polar surface area (TPSA) is 0 Å². The highest BCUT2D eigenvalue weighted by Crippen LogP contribution is 2.44. The molecular weight excluding hydrogens is 372 g/mol. The fourth-order valence-electron chi connectivity index (χ4n) is 6.28. The van der Waals surface area contributed by atoms with Crippen LogP contribution in [0.5, 0.6) is 0 Å². The summed E-state index contributed by atoms with van der Waals surface area (Å²) in [7, 11) is 0. The summed E-state index contributed by atoms with van der Waals surface area (Å²) in [6.45, 7) is 4.62. The van der Waals surface area contributed by atoms with Gasteiger partial charge in [-0.1, -0.05) is 108 Å². The second-order valence-electron chi connectivity index (χ2n) is 10.8. The number of unbranched alkanes of at least 4 members (excludes halogenated alkanes) is 5. The summed E-state index contributed by atoms with van der Waals surface area (Å²) < 4.78 is 0. The first kappa shape index (κ1) is 24.6. The van der Waals surface area contributed by atoms with E-state index in [9.17, 15) is 0 Å². The minimum atomic E-state index is 0.794. The lowest BCUT2D eigenvalue weighted by atomic mass is 9.69. The van der Waals surface area contributed by atoms with Crippen molar-refractivity contribution in [2.75, 3.05) is 0 Å². The summed E-state index contributed by atoms with van der Waals surface area (Å²) in [6.07, 6.45) is 28.8. The van der Waals surface area contributed by atoms with Crippen LogP contribution in [0.15, 0.2) is 36.4 Å². The van der Waals surface area contributed by atoms with Crippen LogP contribution < -0.4 is 0 Å². The first-order valence-corrected chi connectivity index (χ1v) is 14.0. The molecule has 0 spiro atoms. The monoisotopic (exact) mass is 422 g/mol. The molecule has 0 amide bonds. The van der Waals surface area contributed by atoms with Crippen LogP contribution in [-0.2, 0) is 6.42 Å². The molecular formula is C31H50. The van der Waals surface area contributed by atoms with Crippen molar-refractivity contribution >= 4 is 0 Å². The number of allylic oxidation sites excluding steroid dienone is 2. The van der Waals surface area contributed by atoms with E-state index in [0.29, 0.717) is 0 Å². The minimum Gasteiger partial charge on any atom is -0.0885 e. The quantitative estimate of drug-likeness (QED) is 0.219. The third-order valence-electron chi connectivity index (χ3n) is 8.37. The summed E-state index contributed by atoms with van der Waals surface area (Å²) >= 11 is 0. The number of hydrogen-bond acceptors (Lipinski definition) is 0. The fourth-order valence-corrected chi connectivity index (χ4v) is 6.28. The molecule has 1 saturated carbocycles. The Hall–Kier alpha value is -1.04. The maximum absolute atomic E-state index is 2.52. The molecule has 0 radical (unpaired) electrons. The van der Waals surface area contributed by atoms with E-state index in [2.05, 4.69) is 50.3 Å². The Balaban J connectivity index is 1.58. The van der Waals surface area contributed by atoms with Gasteiger partial charge < -0.3 is 0 Å². The van der Waals surface area contributed by atoms with Gasteiger partial charge in [-0.2, -0.15) is 0 Å². The van der Waals surface area contributed by atoms with E-state index >= 15 is 0 Å². The van der Waals surface area contributed by atoms with Crippen LogP contribution in [-0.4, -0.2) is 0 Å². The molecule has 31 heavy (non-hydrogen) atoms. The van der Waals surface area contributed by atoms with Crippen molar-refractivity contribution in [2.45, 2.75) is 129 Å². The van der Waals surface area contributed by atoms with E-state index in [-0.39, 0.29) is 0 Å². The highest BCUT2D eigenvalue weighted by atomic mass is 14.3. The van der Waals surface area contributed by atoms with Gasteiger partial charge in [0.25, 0.3) is 0 Å². The maximum atomic E-state index is 2.52. The zero-order valence-corrected chi connectivity index (χ0v) is 20.8. The average molecular weight is 423 g/mol. The van der Waals surface area contributed by atoms with Crippen molar-refractivity contribution < 1.29 is 0 Å². The van der Waals surface area contributed by atoms with Crippen molar-refractivity contribution in [3.05, 3.63) is 47.5 Å². The Morgan fingerprint density at radius 1 is 0.742 bits per heavy atom. The van der Waals surface area contributed by atoms with Crippen LogP contribution in [0.1, 0.15) is 134 Å². The summed E-state index contributed by atoms with van der Waals surface area (Å²) in [6, 6.07) is 9.94. The Morgan fingerprint density at radius 3 is 2.16 bits per heavy atom. The van der Waals surface area contributed by atoms with E-state index in [4.69, 9.17) is 0 Å². The van der Waals surface area contributed by atoms with Gasteiger partial charge in [0.05, 0.1) is 0 Å². The van der Waals surface area contributed by atoms with E-state index in [1.807, 2.05) is 0 Å². The number of hydrogen-bond donors (Lipinski definition) is 0. The molecule has 0 saturated heterocycles. The predicted molar refractivity (Wildman–Crippen MR) is 138 cm³/mol. The summed E-state index contributed by atoms with van der Waals surface area (Å²) in [5.74, 6) is 3.64. The van der Waals surface area contributed by atoms with Crippen molar-refractivity contribution in [3.63, 3.8) is 0 Å². The number of rotatable bonds is 13. The zero-order valence-electron chi connectivity index (χ0n) is 20.8. The standard InChI is InChI=1S/C31H50/c1-3-5-7-10-14-27-19-23-30(24-20-27)31(25-28-15-11-8-12-16-28)29-21-17-26(18-22-29)13-9-6-4-2/h8,11,17-18,21-22,27-28,30-31H,3-7,9-10,12-16,19-20,23-25H2,1-2H3. The van der Waals surface area contributed by atoms with Crippen molar-refractivity contribution in [1.82, 2.24) is 0 Å². The lowest BCUT2D eigenvalue weighted by Gasteiger charge is -2.36. The van der Waals surface area contributed by atoms with Crippen LogP contribution in [0.3, 0.4) is 0 Å². The molecule has 174 valence electrons. The normalized spacial score (nSPS) is 24.9. The Kier molecular flexibility index (Phi) is 11.3. The maximum Gasteiger partial charge on any atom is -0.0131 e. The Bertz CT molecular complexity index is 601. The summed E-state index contributed by atoms with van der Waals surface area (Å²) in [5, 5.41) is 0. The van der Waals surface area contributed by atoms with Crippen LogP contribution >= 0.6 is 0 Å². The molecule has 3 rings (SSSR count). The van der Waals surface area contributed by atoms with Crippen molar-refractivity contribution in [2.24, 2.45) is 17.8 Å². The second kappa shape index (κ2) is 14.2. The average Bonchev–Trinajstić information content (AvgIpc) is 2.82. The minimum absolute atomic E-state index is 0.794. The van der Waals surface area contributed by atoms with Gasteiger partial charge in [0.1, 0.15) is 0 Å². The molecule has 1 aromatic carbocycles. The van der Waals surface area contributed by atoms with Crippen molar-refractivity contribution in [1.29, 1.82) is 0 Å². The molecule has 0 nitrogen and oxygen atoms in total. The van der Waals surface area contributed by atoms with E-state index in [0.717, 1.165) is 23.7 Å². The van der Waals surface area contributed by atoms with Gasteiger partial charge in [0, 0.05) is 0 Å². The molecule has 2 aliphatic rings. The predicted octanol–water partition coefficient (Wildman–Crippen LogP) is 10.0. The largest absolute Gasteiger partial charge is 0.0885 e. The van der Waals surface area contributed by atoms with E-state index < -0.39 is 0 Å². The SMILES string of the molecule is CCCCCCC1CCC(C(CC2CC=CCC2)c2ccc(CCCCC)cc2)CC1. The van der Waals surface area contributed by atoms with Gasteiger partial charge in [-0.15, -0.1) is 0 Å². The summed E-state index contributed by atoms with van der Waals surface area (Å²) in [4.78, 5) is 0. The third kappa shape index (κ3) is 8.43. The lowest BCUT2D eigenvalue weighted by Crippen LogP contribution is -2.23. The van der Waals surface area contributed by atoms with Gasteiger partial charge in [-0.3, -0.25) is 0 Å². The van der Waals surface area contributed by atoms with Crippen LogP contribution in [0.4, 0.5) is 0 Å². The van der Waals surface area contributed by atoms with Crippen LogP contribution in [0, 0.1) is 17.8 Å². The molecule has 0 heteroatoms. The molecule has 0 bridgehead atoms. The van der Waals surface area contributed by atoms with Gasteiger partial charge >= 0.3 is 0 Å². The first-order valence-electron chi connectivity index (χ1n) is 14.0. The molecule has 0 N–H and O–H groups in total. The second-order valence-corrected chi connectivity index (χ2v) is 10.8. The zero-order chi connectivity index (χ0) is 21.7. The highest BCUT2D eigenvalue weighted by molar-refractivity contribution is 5.26. The molecule has 0 heterocycles. The van der Waals surface area contributed by atoms with Gasteiger partial charge in [-0.05, 0) is 86.2 Å². The lowest BCUT2D eigenvalue weighted by molar-refractivity contribution is 0.210. The third-order valence-corrected chi connectivity index (χ3v) is 8.37. The van der Waals surface area contributed by atoms with E-state index in [1.54, 1.807) is 11.1 Å². The number of aryl methyl sites for hydroxylation is 1. The molecule has 2 aliphatic carbocycles. The summed E-state index contributed by atoms with van der Waals surface area (Å²) in [5.41, 5.74) is 3.20. The molecule has 2 unspecified atom stereocenters. The molecule has 0 aromatic heterocycles. The first-order chi connectivity index (χ1) is 15.3. The van der Waals surface area contributed by atoms with Crippen LogP contribution in [0.2, 0.25) is 0 Å². The fraction of sp³-hybridized carbons (Fsp3) is 0.742.